The monoisotopic (exact) mass is 499 g/mol. The average molecular weight is 500 g/mol. The first-order valence-electron chi connectivity index (χ1n) is 13.6. The molecule has 1 atom stereocenters. The van der Waals surface area contributed by atoms with Gasteiger partial charge in [0.15, 0.2) is 0 Å². The summed E-state index contributed by atoms with van der Waals surface area (Å²) in [6, 6.07) is 6.47. The Balaban J connectivity index is 2.05. The number of carbonyl (C=O) groups excluding carboxylic acids is 3. The third-order valence-electron chi connectivity index (χ3n) is 6.35. The second kappa shape index (κ2) is 15.3. The Kier molecular flexibility index (Phi) is 12.5. The molecule has 0 bridgehead atoms. The van der Waals surface area contributed by atoms with E-state index in [0.29, 0.717) is 36.5 Å². The molecule has 1 unspecified atom stereocenters. The number of nitrogens with zero attached hydrogens (tertiary/aromatic N) is 1. The molecule has 0 radical (unpaired) electrons. The molecule has 0 aromatic heterocycles. The van der Waals surface area contributed by atoms with Crippen LogP contribution in [0.5, 0.6) is 0 Å². The average Bonchev–Trinajstić information content (AvgIpc) is 2.84. The number of rotatable bonds is 15. The molecule has 7 heteroatoms. The van der Waals surface area contributed by atoms with Crippen LogP contribution in [-0.2, 0) is 14.3 Å². The van der Waals surface area contributed by atoms with Gasteiger partial charge in [-0.1, -0.05) is 78.4 Å². The fraction of sp³-hybridized carbons (Fsp3) is 0.621. The van der Waals surface area contributed by atoms with Crippen molar-refractivity contribution in [2.45, 2.75) is 98.4 Å². The minimum absolute atomic E-state index is 0.00572. The van der Waals surface area contributed by atoms with Crippen LogP contribution in [0.3, 0.4) is 0 Å². The maximum atomic E-state index is 13.0. The number of benzene rings is 1. The molecule has 7 nitrogen and oxygen atoms in total. The Morgan fingerprint density at radius 3 is 2.25 bits per heavy atom. The molecule has 2 N–H and O–H groups in total. The van der Waals surface area contributed by atoms with E-state index in [-0.39, 0.29) is 17.9 Å². The molecule has 1 aliphatic heterocycles. The zero-order valence-corrected chi connectivity index (χ0v) is 22.8. The van der Waals surface area contributed by atoms with Crippen LogP contribution in [0.2, 0.25) is 0 Å². The molecule has 200 valence electrons. The van der Waals surface area contributed by atoms with Crippen molar-refractivity contribution < 1.29 is 19.1 Å². The lowest BCUT2D eigenvalue weighted by Gasteiger charge is -2.35. The summed E-state index contributed by atoms with van der Waals surface area (Å²) < 4.78 is 5.55. The number of hydrogen-bond donors (Lipinski definition) is 2. The lowest BCUT2D eigenvalue weighted by molar-refractivity contribution is -0.140. The molecular formula is C29H45N3O4. The van der Waals surface area contributed by atoms with Crippen LogP contribution >= 0.6 is 0 Å². The molecule has 0 saturated carbocycles. The Labute approximate surface area is 217 Å². The number of anilines is 1. The van der Waals surface area contributed by atoms with Gasteiger partial charge in [0.25, 0.3) is 0 Å². The predicted molar refractivity (Wildman–Crippen MR) is 144 cm³/mol. The molecule has 0 saturated heterocycles. The molecule has 3 amide bonds. The number of amides is 3. The SMILES string of the molecule is CCCCCCCCCC(=O)Nc1ccc(C2NC(=O)N(CCC)C(C)=C2C(=O)OCC(C)C)cc1. The highest BCUT2D eigenvalue weighted by atomic mass is 16.5. The van der Waals surface area contributed by atoms with Crippen molar-refractivity contribution in [2.75, 3.05) is 18.5 Å². The largest absolute Gasteiger partial charge is 0.462 e. The summed E-state index contributed by atoms with van der Waals surface area (Å²) in [7, 11) is 0. The first-order valence-corrected chi connectivity index (χ1v) is 13.6. The van der Waals surface area contributed by atoms with Crippen molar-refractivity contribution in [1.82, 2.24) is 10.2 Å². The van der Waals surface area contributed by atoms with E-state index in [1.54, 1.807) is 11.8 Å². The highest BCUT2D eigenvalue weighted by Gasteiger charge is 2.36. The van der Waals surface area contributed by atoms with E-state index in [1.165, 1.54) is 32.1 Å². The Morgan fingerprint density at radius 1 is 1.00 bits per heavy atom. The predicted octanol–water partition coefficient (Wildman–Crippen LogP) is 6.72. The molecule has 0 aliphatic carbocycles. The summed E-state index contributed by atoms with van der Waals surface area (Å²) in [6.07, 6.45) is 9.48. The molecule has 0 fully saturated rings. The molecular weight excluding hydrogens is 454 g/mol. The number of urea groups is 1. The quantitative estimate of drug-likeness (QED) is 0.207. The number of ether oxygens (including phenoxy) is 1. The fourth-order valence-corrected chi connectivity index (χ4v) is 4.33. The van der Waals surface area contributed by atoms with Gasteiger partial charge in [0, 0.05) is 24.4 Å². The van der Waals surface area contributed by atoms with Crippen LogP contribution < -0.4 is 10.6 Å². The van der Waals surface area contributed by atoms with Gasteiger partial charge in [-0.05, 0) is 43.4 Å². The van der Waals surface area contributed by atoms with Gasteiger partial charge in [-0.3, -0.25) is 9.69 Å². The van der Waals surface area contributed by atoms with E-state index in [9.17, 15) is 14.4 Å². The van der Waals surface area contributed by atoms with E-state index in [0.717, 1.165) is 24.8 Å². The number of allylic oxidation sites excluding steroid dienone is 1. The molecule has 1 heterocycles. The summed E-state index contributed by atoms with van der Waals surface area (Å²) in [5.41, 5.74) is 2.53. The van der Waals surface area contributed by atoms with E-state index in [2.05, 4.69) is 17.6 Å². The second-order valence-electron chi connectivity index (χ2n) is 10.1. The minimum atomic E-state index is -0.609. The van der Waals surface area contributed by atoms with Gasteiger partial charge < -0.3 is 15.4 Å². The van der Waals surface area contributed by atoms with Gasteiger partial charge in [-0.15, -0.1) is 0 Å². The fourth-order valence-electron chi connectivity index (χ4n) is 4.33. The van der Waals surface area contributed by atoms with E-state index in [4.69, 9.17) is 4.74 Å². The van der Waals surface area contributed by atoms with Crippen molar-refractivity contribution in [1.29, 1.82) is 0 Å². The summed E-state index contributed by atoms with van der Waals surface area (Å²) in [5, 5.41) is 5.92. The third kappa shape index (κ3) is 8.99. The second-order valence-corrected chi connectivity index (χ2v) is 10.1. The van der Waals surface area contributed by atoms with Gasteiger partial charge in [0.2, 0.25) is 5.91 Å². The summed E-state index contributed by atoms with van der Waals surface area (Å²) in [6.45, 7) is 10.8. The van der Waals surface area contributed by atoms with Crippen LogP contribution in [-0.4, -0.2) is 36.0 Å². The summed E-state index contributed by atoms with van der Waals surface area (Å²) in [5.74, 6) is -0.201. The molecule has 36 heavy (non-hydrogen) atoms. The molecule has 0 spiro atoms. The van der Waals surface area contributed by atoms with Gasteiger partial charge in [-0.2, -0.15) is 0 Å². The highest BCUT2D eigenvalue weighted by molar-refractivity contribution is 5.95. The molecule has 2 rings (SSSR count). The van der Waals surface area contributed by atoms with Crippen molar-refractivity contribution in [2.24, 2.45) is 5.92 Å². The first-order chi connectivity index (χ1) is 17.3. The van der Waals surface area contributed by atoms with Crippen molar-refractivity contribution in [3.63, 3.8) is 0 Å². The number of unbranched alkanes of at least 4 members (excludes halogenated alkanes) is 6. The number of esters is 1. The normalized spacial score (nSPS) is 15.8. The highest BCUT2D eigenvalue weighted by Crippen LogP contribution is 2.32. The van der Waals surface area contributed by atoms with Gasteiger partial charge in [0.05, 0.1) is 18.2 Å². The van der Waals surface area contributed by atoms with Gasteiger partial charge >= 0.3 is 12.0 Å². The lowest BCUT2D eigenvalue weighted by atomic mass is 9.94. The summed E-state index contributed by atoms with van der Waals surface area (Å²) in [4.78, 5) is 39.8. The van der Waals surface area contributed by atoms with Crippen LogP contribution in [0.1, 0.15) is 104 Å². The number of nitrogens with one attached hydrogen (secondary N) is 2. The van der Waals surface area contributed by atoms with Gasteiger partial charge in [-0.25, -0.2) is 9.59 Å². The third-order valence-corrected chi connectivity index (χ3v) is 6.35. The van der Waals surface area contributed by atoms with E-state index < -0.39 is 12.0 Å². The number of hydrogen-bond acceptors (Lipinski definition) is 4. The van der Waals surface area contributed by atoms with E-state index >= 15 is 0 Å². The molecule has 1 aromatic rings. The number of carbonyl (C=O) groups is 3. The van der Waals surface area contributed by atoms with Crippen molar-refractivity contribution in [3.8, 4) is 0 Å². The topological polar surface area (TPSA) is 87.7 Å². The molecule has 1 aliphatic rings. The minimum Gasteiger partial charge on any atom is -0.462 e. The van der Waals surface area contributed by atoms with Crippen LogP contribution in [0.25, 0.3) is 0 Å². The maximum Gasteiger partial charge on any atom is 0.338 e. The van der Waals surface area contributed by atoms with Crippen molar-refractivity contribution in [3.05, 3.63) is 41.1 Å². The zero-order valence-electron chi connectivity index (χ0n) is 22.8. The first kappa shape index (κ1) is 29.4. The maximum absolute atomic E-state index is 13.0. The van der Waals surface area contributed by atoms with Gasteiger partial charge in [0.1, 0.15) is 0 Å². The summed E-state index contributed by atoms with van der Waals surface area (Å²) >= 11 is 0. The lowest BCUT2D eigenvalue weighted by Crippen LogP contribution is -2.48. The van der Waals surface area contributed by atoms with Crippen LogP contribution in [0.4, 0.5) is 10.5 Å². The standard InChI is InChI=1S/C29H45N3O4/c1-6-8-9-10-11-12-13-14-25(33)30-24-17-15-23(16-18-24)27-26(28(34)36-20-21(3)4)22(5)32(19-7-2)29(35)31-27/h15-18,21,27H,6-14,19-20H2,1-5H3,(H,30,33)(H,31,35). The molecule has 1 aromatic carbocycles. The van der Waals surface area contributed by atoms with Crippen LogP contribution in [0, 0.1) is 5.92 Å². The smallest absolute Gasteiger partial charge is 0.338 e. The Hall–Kier alpha value is -2.83. The van der Waals surface area contributed by atoms with Crippen molar-refractivity contribution >= 4 is 23.6 Å². The zero-order chi connectivity index (χ0) is 26.5. The van der Waals surface area contributed by atoms with Crippen LogP contribution in [0.15, 0.2) is 35.5 Å². The Morgan fingerprint density at radius 2 is 1.64 bits per heavy atom. The Bertz CT molecular complexity index is 892. The van der Waals surface area contributed by atoms with E-state index in [1.807, 2.05) is 45.0 Å².